The number of nitrogens with zero attached hydrogens (tertiary/aromatic N) is 1. The van der Waals surface area contributed by atoms with E-state index in [9.17, 15) is 10.1 Å². The van der Waals surface area contributed by atoms with Gasteiger partial charge in [0.25, 0.3) is 0 Å². The van der Waals surface area contributed by atoms with E-state index in [0.717, 1.165) is 0 Å². The molecule has 146 valence electrons. The van der Waals surface area contributed by atoms with Crippen LogP contribution in [-0.2, 0) is 9.53 Å². The Balaban J connectivity index is 2.17. The first kappa shape index (κ1) is 19.8. The van der Waals surface area contributed by atoms with E-state index in [2.05, 4.69) is 12.6 Å². The number of ketones is 1. The van der Waals surface area contributed by atoms with E-state index in [1.807, 2.05) is 6.92 Å². The number of rotatable bonds is 6. The molecule has 0 spiro atoms. The Kier molecular flexibility index (Phi) is 5.96. The molecule has 6 nitrogen and oxygen atoms in total. The number of hydrogen-bond donors (Lipinski definition) is 1. The number of halogens is 1. The van der Waals surface area contributed by atoms with Crippen molar-refractivity contribution in [1.82, 2.24) is 0 Å². The molecular formula is C21H21ClN2O4. The molecule has 0 amide bonds. The highest BCUT2D eigenvalue weighted by atomic mass is 35.5. The van der Waals surface area contributed by atoms with Crippen LogP contribution in [0.15, 0.2) is 47.6 Å². The summed E-state index contributed by atoms with van der Waals surface area (Å²) < 4.78 is 16.9. The maximum atomic E-state index is 12.7. The number of carbonyl (C=O) groups excluding carboxylic acids is 1. The highest BCUT2D eigenvalue weighted by molar-refractivity contribution is 6.32. The largest absolute Gasteiger partial charge is 0.490 e. The SMILES string of the molecule is C=CCOc1c(Cl)cc(C2C(C#N)=C(N)OC3=C2C(=O)CCC3)cc1OCC. The van der Waals surface area contributed by atoms with Crippen LogP contribution in [0.4, 0.5) is 0 Å². The second-order valence-corrected chi connectivity index (χ2v) is 6.81. The number of benzene rings is 1. The number of allylic oxidation sites excluding steroid dienone is 3. The lowest BCUT2D eigenvalue weighted by molar-refractivity contribution is -0.116. The Morgan fingerprint density at radius 2 is 2.21 bits per heavy atom. The van der Waals surface area contributed by atoms with Gasteiger partial charge in [0.15, 0.2) is 17.3 Å². The zero-order valence-electron chi connectivity index (χ0n) is 15.6. The zero-order valence-corrected chi connectivity index (χ0v) is 16.3. The van der Waals surface area contributed by atoms with Crippen LogP contribution in [0.2, 0.25) is 5.02 Å². The van der Waals surface area contributed by atoms with Crippen molar-refractivity contribution in [1.29, 1.82) is 5.26 Å². The van der Waals surface area contributed by atoms with Crippen molar-refractivity contribution in [2.75, 3.05) is 13.2 Å². The molecule has 0 saturated heterocycles. The van der Waals surface area contributed by atoms with Crippen molar-refractivity contribution in [3.63, 3.8) is 0 Å². The second kappa shape index (κ2) is 8.41. The van der Waals surface area contributed by atoms with Crippen LogP contribution in [0.25, 0.3) is 0 Å². The Hall–Kier alpha value is -2.91. The molecule has 1 aromatic rings. The Bertz CT molecular complexity index is 927. The fraction of sp³-hybridized carbons (Fsp3) is 0.333. The van der Waals surface area contributed by atoms with Crippen molar-refractivity contribution < 1.29 is 19.0 Å². The molecule has 0 radical (unpaired) electrons. The van der Waals surface area contributed by atoms with Crippen LogP contribution in [0.5, 0.6) is 11.5 Å². The molecule has 3 rings (SSSR count). The van der Waals surface area contributed by atoms with Gasteiger partial charge >= 0.3 is 0 Å². The molecule has 0 saturated carbocycles. The number of ether oxygens (including phenoxy) is 3. The Labute approximate surface area is 168 Å². The van der Waals surface area contributed by atoms with E-state index in [1.54, 1.807) is 18.2 Å². The molecular weight excluding hydrogens is 380 g/mol. The summed E-state index contributed by atoms with van der Waals surface area (Å²) in [5.41, 5.74) is 7.27. The van der Waals surface area contributed by atoms with Gasteiger partial charge in [-0.25, -0.2) is 0 Å². The Morgan fingerprint density at radius 1 is 1.43 bits per heavy atom. The first-order valence-electron chi connectivity index (χ1n) is 9.05. The van der Waals surface area contributed by atoms with E-state index in [0.29, 0.717) is 59.3 Å². The molecule has 2 aliphatic rings. The van der Waals surface area contributed by atoms with Gasteiger partial charge in [-0.2, -0.15) is 5.26 Å². The lowest BCUT2D eigenvalue weighted by Gasteiger charge is -2.31. The minimum atomic E-state index is -0.647. The maximum Gasteiger partial charge on any atom is 0.205 e. The first-order chi connectivity index (χ1) is 13.5. The number of carbonyl (C=O) groups is 1. The van der Waals surface area contributed by atoms with E-state index >= 15 is 0 Å². The lowest BCUT2D eigenvalue weighted by atomic mass is 9.77. The molecule has 0 bridgehead atoms. The summed E-state index contributed by atoms with van der Waals surface area (Å²) in [6, 6.07) is 5.50. The molecule has 1 aromatic carbocycles. The van der Waals surface area contributed by atoms with Gasteiger partial charge in [0, 0.05) is 18.4 Å². The average molecular weight is 401 g/mol. The van der Waals surface area contributed by atoms with Crippen LogP contribution in [-0.4, -0.2) is 19.0 Å². The summed E-state index contributed by atoms with van der Waals surface area (Å²) in [5.74, 6) is 0.665. The fourth-order valence-corrected chi connectivity index (χ4v) is 3.76. The van der Waals surface area contributed by atoms with Gasteiger partial charge < -0.3 is 19.9 Å². The highest BCUT2D eigenvalue weighted by Crippen LogP contribution is 2.47. The summed E-state index contributed by atoms with van der Waals surface area (Å²) in [6.07, 6.45) is 3.31. The molecule has 1 heterocycles. The van der Waals surface area contributed by atoms with Gasteiger partial charge in [0.05, 0.1) is 17.5 Å². The molecule has 1 aliphatic carbocycles. The number of hydrogen-bond acceptors (Lipinski definition) is 6. The molecule has 0 fully saturated rings. The van der Waals surface area contributed by atoms with Crippen molar-refractivity contribution >= 4 is 17.4 Å². The van der Waals surface area contributed by atoms with E-state index < -0.39 is 5.92 Å². The number of nitrogens with two attached hydrogens (primary N) is 1. The molecule has 28 heavy (non-hydrogen) atoms. The van der Waals surface area contributed by atoms with Gasteiger partial charge in [-0.1, -0.05) is 24.3 Å². The van der Waals surface area contributed by atoms with Gasteiger partial charge in [0.1, 0.15) is 24.0 Å². The van der Waals surface area contributed by atoms with Crippen LogP contribution in [0, 0.1) is 11.3 Å². The van der Waals surface area contributed by atoms with Gasteiger partial charge in [-0.15, -0.1) is 0 Å². The number of Topliss-reactive ketones (excluding diaryl/α,β-unsaturated/α-hetero) is 1. The molecule has 1 aliphatic heterocycles. The minimum Gasteiger partial charge on any atom is -0.490 e. The second-order valence-electron chi connectivity index (χ2n) is 6.40. The van der Waals surface area contributed by atoms with Crippen LogP contribution in [0.3, 0.4) is 0 Å². The van der Waals surface area contributed by atoms with E-state index in [1.165, 1.54) is 0 Å². The van der Waals surface area contributed by atoms with Gasteiger partial charge in [0.2, 0.25) is 5.88 Å². The summed E-state index contributed by atoms with van der Waals surface area (Å²) in [7, 11) is 0. The first-order valence-corrected chi connectivity index (χ1v) is 9.43. The van der Waals surface area contributed by atoms with Crippen molar-refractivity contribution in [2.24, 2.45) is 5.73 Å². The molecule has 1 atom stereocenters. The topological polar surface area (TPSA) is 94.6 Å². The molecule has 7 heteroatoms. The molecule has 0 aromatic heterocycles. The third-order valence-electron chi connectivity index (χ3n) is 4.62. The fourth-order valence-electron chi connectivity index (χ4n) is 3.49. The summed E-state index contributed by atoms with van der Waals surface area (Å²) in [6.45, 7) is 6.14. The third kappa shape index (κ3) is 3.58. The average Bonchev–Trinajstić information content (AvgIpc) is 2.66. The Morgan fingerprint density at radius 3 is 2.89 bits per heavy atom. The smallest absolute Gasteiger partial charge is 0.205 e. The predicted molar refractivity (Wildman–Crippen MR) is 105 cm³/mol. The van der Waals surface area contributed by atoms with E-state index in [-0.39, 0.29) is 23.8 Å². The third-order valence-corrected chi connectivity index (χ3v) is 4.90. The number of nitriles is 1. The standard InChI is InChI=1S/C21H21ClN2O4/c1-3-8-27-20-14(22)9-12(10-17(20)26-4-2)18-13(11-23)21(24)28-16-7-5-6-15(25)19(16)18/h3,9-10,18H,1,4-8,24H2,2H3. The van der Waals surface area contributed by atoms with E-state index in [4.69, 9.17) is 31.5 Å². The van der Waals surface area contributed by atoms with Crippen molar-refractivity contribution in [2.45, 2.75) is 32.1 Å². The zero-order chi connectivity index (χ0) is 20.3. The monoisotopic (exact) mass is 400 g/mol. The predicted octanol–water partition coefficient (Wildman–Crippen LogP) is 4.12. The molecule has 1 unspecified atom stereocenters. The summed E-state index contributed by atoms with van der Waals surface area (Å²) >= 11 is 6.46. The van der Waals surface area contributed by atoms with Crippen molar-refractivity contribution in [3.8, 4) is 17.6 Å². The summed E-state index contributed by atoms with van der Waals surface area (Å²) in [5, 5.41) is 10.00. The maximum absolute atomic E-state index is 12.7. The van der Waals surface area contributed by atoms with Gasteiger partial charge in [-0.3, -0.25) is 4.79 Å². The van der Waals surface area contributed by atoms with Crippen LogP contribution in [0.1, 0.15) is 37.7 Å². The van der Waals surface area contributed by atoms with Crippen LogP contribution >= 0.6 is 11.6 Å². The lowest BCUT2D eigenvalue weighted by Crippen LogP contribution is -2.27. The summed E-state index contributed by atoms with van der Waals surface area (Å²) in [4.78, 5) is 12.7. The van der Waals surface area contributed by atoms with Gasteiger partial charge in [-0.05, 0) is 31.0 Å². The highest BCUT2D eigenvalue weighted by Gasteiger charge is 2.38. The van der Waals surface area contributed by atoms with Crippen molar-refractivity contribution in [3.05, 3.63) is 58.2 Å². The minimum absolute atomic E-state index is 0.0158. The quantitative estimate of drug-likeness (QED) is 0.722. The van der Waals surface area contributed by atoms with Crippen LogP contribution < -0.4 is 15.2 Å². The normalized spacial score (nSPS) is 18.9. The molecule has 2 N–H and O–H groups in total.